The molecule has 0 bridgehead atoms. The molecule has 1 aromatic carbocycles. The SMILES string of the molecule is CCCOc1c(OC)cccc1C1C(C(=O)OC)=CN(CCC)C=C1C(=O)OC. The average molecular weight is 403 g/mol. The zero-order valence-corrected chi connectivity index (χ0v) is 17.7. The van der Waals surface area contributed by atoms with E-state index in [9.17, 15) is 9.59 Å². The molecule has 0 aliphatic carbocycles. The number of hydrogen-bond acceptors (Lipinski definition) is 7. The van der Waals surface area contributed by atoms with Gasteiger partial charge in [0.2, 0.25) is 0 Å². The van der Waals surface area contributed by atoms with Crippen LogP contribution < -0.4 is 9.47 Å². The van der Waals surface area contributed by atoms with Crippen molar-refractivity contribution in [1.82, 2.24) is 4.90 Å². The second-order valence-electron chi connectivity index (χ2n) is 6.55. The van der Waals surface area contributed by atoms with Crippen LogP contribution in [-0.4, -0.2) is 51.3 Å². The minimum Gasteiger partial charge on any atom is -0.493 e. The Morgan fingerprint density at radius 1 is 0.966 bits per heavy atom. The molecular formula is C22H29NO6. The lowest BCUT2D eigenvalue weighted by atomic mass is 9.82. The van der Waals surface area contributed by atoms with Gasteiger partial charge in [-0.3, -0.25) is 0 Å². The molecule has 2 rings (SSSR count). The molecule has 0 saturated heterocycles. The third kappa shape index (κ3) is 4.91. The lowest BCUT2D eigenvalue weighted by molar-refractivity contribution is -0.137. The molecule has 0 spiro atoms. The quantitative estimate of drug-likeness (QED) is 0.585. The van der Waals surface area contributed by atoms with Crippen molar-refractivity contribution >= 4 is 11.9 Å². The fraction of sp³-hybridized carbons (Fsp3) is 0.455. The van der Waals surface area contributed by atoms with E-state index in [0.717, 1.165) is 12.8 Å². The van der Waals surface area contributed by atoms with Gasteiger partial charge in [-0.15, -0.1) is 0 Å². The minimum atomic E-state index is -0.704. The van der Waals surface area contributed by atoms with Crippen LogP contribution in [0, 0.1) is 0 Å². The van der Waals surface area contributed by atoms with Crippen molar-refractivity contribution in [3.63, 3.8) is 0 Å². The fourth-order valence-electron chi connectivity index (χ4n) is 3.29. The van der Waals surface area contributed by atoms with E-state index in [1.54, 1.807) is 31.6 Å². The summed E-state index contributed by atoms with van der Waals surface area (Å²) < 4.78 is 21.5. The highest BCUT2D eigenvalue weighted by atomic mass is 16.5. The molecule has 0 aromatic heterocycles. The Morgan fingerprint density at radius 2 is 1.59 bits per heavy atom. The number of para-hydroxylation sites is 1. The second kappa shape index (κ2) is 10.5. The second-order valence-corrected chi connectivity index (χ2v) is 6.55. The van der Waals surface area contributed by atoms with Crippen molar-refractivity contribution in [2.45, 2.75) is 32.6 Å². The van der Waals surface area contributed by atoms with Crippen molar-refractivity contribution in [2.75, 3.05) is 34.5 Å². The van der Waals surface area contributed by atoms with Gasteiger partial charge in [0.05, 0.1) is 45.0 Å². The van der Waals surface area contributed by atoms with Crippen molar-refractivity contribution in [3.8, 4) is 11.5 Å². The lowest BCUT2D eigenvalue weighted by Crippen LogP contribution is -2.29. The van der Waals surface area contributed by atoms with Gasteiger partial charge in [0.25, 0.3) is 0 Å². The van der Waals surface area contributed by atoms with Crippen LogP contribution in [0.1, 0.15) is 38.2 Å². The molecule has 1 heterocycles. The Labute approximate surface area is 171 Å². The zero-order valence-electron chi connectivity index (χ0n) is 17.7. The van der Waals surface area contributed by atoms with Crippen LogP contribution in [0.25, 0.3) is 0 Å². The molecule has 0 amide bonds. The third-order valence-electron chi connectivity index (χ3n) is 4.55. The van der Waals surface area contributed by atoms with Crippen LogP contribution in [0.2, 0.25) is 0 Å². The van der Waals surface area contributed by atoms with E-state index in [1.807, 2.05) is 24.8 Å². The standard InChI is InChI=1S/C22H29NO6/c1-6-11-23-13-16(21(24)27-4)19(17(14-23)22(25)28-5)15-9-8-10-18(26-3)20(15)29-12-7-2/h8-10,13-14,19H,6-7,11-12H2,1-5H3. The molecule has 1 aliphatic rings. The number of ether oxygens (including phenoxy) is 4. The monoisotopic (exact) mass is 403 g/mol. The van der Waals surface area contributed by atoms with Crippen molar-refractivity contribution < 1.29 is 28.5 Å². The van der Waals surface area contributed by atoms with Crippen molar-refractivity contribution in [2.24, 2.45) is 0 Å². The largest absolute Gasteiger partial charge is 0.493 e. The summed E-state index contributed by atoms with van der Waals surface area (Å²) in [6, 6.07) is 5.40. The number of nitrogens with zero attached hydrogens (tertiary/aromatic N) is 1. The van der Waals surface area contributed by atoms with E-state index in [1.165, 1.54) is 14.2 Å². The highest BCUT2D eigenvalue weighted by Crippen LogP contribution is 2.44. The van der Waals surface area contributed by atoms with Crippen LogP contribution in [-0.2, 0) is 19.1 Å². The molecule has 0 unspecified atom stereocenters. The predicted octanol–water partition coefficient (Wildman–Crippen LogP) is 3.41. The minimum absolute atomic E-state index is 0.332. The molecule has 0 atom stereocenters. The maximum absolute atomic E-state index is 12.7. The summed E-state index contributed by atoms with van der Waals surface area (Å²) in [5.41, 5.74) is 1.30. The summed E-state index contributed by atoms with van der Waals surface area (Å²) in [5, 5.41) is 0. The molecule has 7 heteroatoms. The van der Waals surface area contributed by atoms with Gasteiger partial charge < -0.3 is 23.8 Å². The number of methoxy groups -OCH3 is 3. The van der Waals surface area contributed by atoms with Gasteiger partial charge in [-0.2, -0.15) is 0 Å². The molecule has 29 heavy (non-hydrogen) atoms. The highest BCUT2D eigenvalue weighted by molar-refractivity contribution is 5.99. The Hall–Kier alpha value is -2.96. The average Bonchev–Trinajstić information content (AvgIpc) is 2.75. The number of rotatable bonds is 9. The smallest absolute Gasteiger partial charge is 0.336 e. The van der Waals surface area contributed by atoms with Crippen LogP contribution in [0.15, 0.2) is 41.7 Å². The van der Waals surface area contributed by atoms with E-state index in [0.29, 0.717) is 41.4 Å². The number of hydrogen-bond donors (Lipinski definition) is 0. The maximum atomic E-state index is 12.7. The van der Waals surface area contributed by atoms with Gasteiger partial charge in [-0.05, 0) is 18.9 Å². The lowest BCUT2D eigenvalue weighted by Gasteiger charge is -2.31. The van der Waals surface area contributed by atoms with E-state index in [4.69, 9.17) is 18.9 Å². The van der Waals surface area contributed by atoms with Crippen LogP contribution in [0.5, 0.6) is 11.5 Å². The summed E-state index contributed by atoms with van der Waals surface area (Å²) in [6.07, 6.45) is 5.07. The van der Waals surface area contributed by atoms with E-state index < -0.39 is 17.9 Å². The summed E-state index contributed by atoms with van der Waals surface area (Å²) in [7, 11) is 4.19. The van der Waals surface area contributed by atoms with E-state index >= 15 is 0 Å². The number of carbonyl (C=O) groups is 2. The number of carbonyl (C=O) groups excluding carboxylic acids is 2. The van der Waals surface area contributed by atoms with Gasteiger partial charge in [0, 0.05) is 24.5 Å². The molecule has 158 valence electrons. The first kappa shape index (κ1) is 22.3. The number of esters is 2. The first-order valence-electron chi connectivity index (χ1n) is 9.67. The normalized spacial score (nSPS) is 14.0. The van der Waals surface area contributed by atoms with E-state index in [2.05, 4.69) is 0 Å². The van der Waals surface area contributed by atoms with Crippen molar-refractivity contribution in [1.29, 1.82) is 0 Å². The van der Waals surface area contributed by atoms with Gasteiger partial charge >= 0.3 is 11.9 Å². The Morgan fingerprint density at radius 3 is 2.07 bits per heavy atom. The van der Waals surface area contributed by atoms with Gasteiger partial charge in [0.1, 0.15) is 0 Å². The molecule has 1 aromatic rings. The van der Waals surface area contributed by atoms with Gasteiger partial charge in [-0.25, -0.2) is 9.59 Å². The molecule has 0 N–H and O–H groups in total. The molecule has 7 nitrogen and oxygen atoms in total. The topological polar surface area (TPSA) is 74.3 Å². The number of benzene rings is 1. The highest BCUT2D eigenvalue weighted by Gasteiger charge is 2.37. The molecule has 0 fully saturated rings. The Bertz CT molecular complexity index is 764. The summed E-state index contributed by atoms with van der Waals surface area (Å²) >= 11 is 0. The maximum Gasteiger partial charge on any atom is 0.336 e. The Balaban J connectivity index is 2.70. The van der Waals surface area contributed by atoms with Crippen LogP contribution in [0.3, 0.4) is 0 Å². The Kier molecular flexibility index (Phi) is 8.12. The summed E-state index contributed by atoms with van der Waals surface area (Å²) in [4.78, 5) is 27.1. The van der Waals surface area contributed by atoms with Crippen molar-refractivity contribution in [3.05, 3.63) is 47.3 Å². The summed E-state index contributed by atoms with van der Waals surface area (Å²) in [5.74, 6) is -0.717. The first-order chi connectivity index (χ1) is 14.0. The third-order valence-corrected chi connectivity index (χ3v) is 4.55. The first-order valence-corrected chi connectivity index (χ1v) is 9.67. The molecule has 0 radical (unpaired) electrons. The fourth-order valence-corrected chi connectivity index (χ4v) is 3.29. The summed E-state index contributed by atoms with van der Waals surface area (Å²) in [6.45, 7) is 5.13. The molecule has 0 saturated carbocycles. The van der Waals surface area contributed by atoms with E-state index in [-0.39, 0.29) is 0 Å². The van der Waals surface area contributed by atoms with Gasteiger partial charge in [0.15, 0.2) is 11.5 Å². The predicted molar refractivity (Wildman–Crippen MR) is 109 cm³/mol. The molecule has 1 aliphatic heterocycles. The van der Waals surface area contributed by atoms with Gasteiger partial charge in [-0.1, -0.05) is 26.0 Å². The van der Waals surface area contributed by atoms with Crippen LogP contribution in [0.4, 0.5) is 0 Å². The molecular weight excluding hydrogens is 374 g/mol. The van der Waals surface area contributed by atoms with Crippen LogP contribution >= 0.6 is 0 Å². The zero-order chi connectivity index (χ0) is 21.4.